The maximum atomic E-state index is 13.8. The van der Waals surface area contributed by atoms with Gasteiger partial charge in [-0.05, 0) is 30.3 Å². The van der Waals surface area contributed by atoms with Gasteiger partial charge in [-0.2, -0.15) is 4.98 Å². The molecule has 0 bridgehead atoms. The second-order valence-electron chi connectivity index (χ2n) is 5.62. The van der Waals surface area contributed by atoms with Crippen LogP contribution in [0.15, 0.2) is 60.9 Å². The molecule has 2 aromatic carbocycles. The van der Waals surface area contributed by atoms with Crippen LogP contribution in [0, 0.1) is 17.5 Å². The zero-order valence-corrected chi connectivity index (χ0v) is 13.7. The van der Waals surface area contributed by atoms with Gasteiger partial charge in [0, 0.05) is 17.8 Å². The Balaban J connectivity index is 1.62. The summed E-state index contributed by atoms with van der Waals surface area (Å²) in [7, 11) is 0. The summed E-state index contributed by atoms with van der Waals surface area (Å²) in [5, 5.41) is 6.63. The number of aromatic nitrogens is 3. The van der Waals surface area contributed by atoms with Gasteiger partial charge < -0.3 is 10.6 Å². The van der Waals surface area contributed by atoms with Gasteiger partial charge in [-0.3, -0.25) is 4.98 Å². The van der Waals surface area contributed by atoms with E-state index in [-0.39, 0.29) is 11.6 Å². The van der Waals surface area contributed by atoms with Crippen LogP contribution in [-0.2, 0) is 0 Å². The van der Waals surface area contributed by atoms with E-state index in [0.717, 1.165) is 28.7 Å². The van der Waals surface area contributed by atoms with Crippen LogP contribution in [0.5, 0.6) is 0 Å². The van der Waals surface area contributed by atoms with Crippen molar-refractivity contribution in [2.75, 3.05) is 10.6 Å². The van der Waals surface area contributed by atoms with E-state index in [9.17, 15) is 13.2 Å². The number of para-hydroxylation sites is 1. The molecule has 5 nitrogen and oxygen atoms in total. The van der Waals surface area contributed by atoms with E-state index in [0.29, 0.717) is 5.82 Å². The number of halogens is 3. The Morgan fingerprint density at radius 2 is 1.56 bits per heavy atom. The van der Waals surface area contributed by atoms with E-state index in [1.165, 1.54) is 6.20 Å². The number of benzene rings is 2. The van der Waals surface area contributed by atoms with Gasteiger partial charge in [-0.25, -0.2) is 18.2 Å². The van der Waals surface area contributed by atoms with Gasteiger partial charge in [0.25, 0.3) is 0 Å². The van der Waals surface area contributed by atoms with Crippen LogP contribution < -0.4 is 10.6 Å². The first-order valence-electron chi connectivity index (χ1n) is 7.96. The first kappa shape index (κ1) is 16.8. The third-order valence-corrected chi connectivity index (χ3v) is 3.83. The number of rotatable bonds is 4. The summed E-state index contributed by atoms with van der Waals surface area (Å²) in [4.78, 5) is 12.5. The van der Waals surface area contributed by atoms with E-state index < -0.39 is 17.5 Å². The molecule has 0 aliphatic heterocycles. The van der Waals surface area contributed by atoms with E-state index in [1.807, 2.05) is 30.3 Å². The minimum atomic E-state index is -1.56. The van der Waals surface area contributed by atoms with E-state index >= 15 is 0 Å². The van der Waals surface area contributed by atoms with Crippen molar-refractivity contribution in [3.63, 3.8) is 0 Å². The van der Waals surface area contributed by atoms with Gasteiger partial charge in [0.1, 0.15) is 5.82 Å². The van der Waals surface area contributed by atoms with Crippen LogP contribution in [0.4, 0.5) is 36.3 Å². The fraction of sp³-hybridized carbons (Fsp3) is 0. The lowest BCUT2D eigenvalue weighted by Gasteiger charge is -2.10. The zero-order valence-electron chi connectivity index (χ0n) is 13.7. The Bertz CT molecular complexity index is 1130. The third-order valence-electron chi connectivity index (χ3n) is 3.83. The molecule has 2 N–H and O–H groups in total. The molecule has 0 saturated heterocycles. The van der Waals surface area contributed by atoms with Crippen LogP contribution in [0.3, 0.4) is 0 Å². The van der Waals surface area contributed by atoms with Crippen molar-refractivity contribution in [2.45, 2.75) is 0 Å². The number of anilines is 4. The second-order valence-corrected chi connectivity index (χ2v) is 5.62. The van der Waals surface area contributed by atoms with E-state index in [1.54, 1.807) is 12.3 Å². The summed E-state index contributed by atoms with van der Waals surface area (Å²) >= 11 is 0. The van der Waals surface area contributed by atoms with Gasteiger partial charge in [0.05, 0.1) is 16.9 Å². The summed E-state index contributed by atoms with van der Waals surface area (Å²) in [5.41, 5.74) is 1.23. The molecule has 2 heterocycles. The molecule has 4 aromatic rings. The molecule has 0 spiro atoms. The average Bonchev–Trinajstić information content (AvgIpc) is 2.69. The van der Waals surface area contributed by atoms with Crippen molar-refractivity contribution in [1.29, 1.82) is 0 Å². The number of pyridine rings is 1. The molecule has 0 saturated carbocycles. The lowest BCUT2D eigenvalue weighted by Crippen LogP contribution is -2.03. The molecule has 27 heavy (non-hydrogen) atoms. The maximum absolute atomic E-state index is 13.8. The average molecular weight is 367 g/mol. The molecular weight excluding hydrogens is 355 g/mol. The Hall–Kier alpha value is -3.68. The number of nitrogens with zero attached hydrogens (tertiary/aromatic N) is 3. The van der Waals surface area contributed by atoms with E-state index in [2.05, 4.69) is 25.6 Å². The quantitative estimate of drug-likeness (QED) is 0.501. The third kappa shape index (κ3) is 3.37. The molecule has 0 atom stereocenters. The predicted molar refractivity (Wildman–Crippen MR) is 96.7 cm³/mol. The largest absolute Gasteiger partial charge is 0.338 e. The highest BCUT2D eigenvalue weighted by atomic mass is 19.2. The molecule has 0 radical (unpaired) electrons. The van der Waals surface area contributed by atoms with Crippen molar-refractivity contribution in [3.8, 4) is 0 Å². The Morgan fingerprint density at radius 3 is 2.44 bits per heavy atom. The Kier molecular flexibility index (Phi) is 4.29. The Morgan fingerprint density at radius 1 is 0.704 bits per heavy atom. The van der Waals surface area contributed by atoms with Crippen LogP contribution >= 0.6 is 0 Å². The number of fused-ring (bicyclic) bond motifs is 1. The lowest BCUT2D eigenvalue weighted by molar-refractivity contribution is 0.449. The summed E-state index contributed by atoms with van der Waals surface area (Å²) in [5.74, 6) is -3.71. The highest BCUT2D eigenvalue weighted by Gasteiger charge is 2.14. The fourth-order valence-corrected chi connectivity index (χ4v) is 2.57. The van der Waals surface area contributed by atoms with Crippen molar-refractivity contribution >= 4 is 34.0 Å². The monoisotopic (exact) mass is 367 g/mol. The van der Waals surface area contributed by atoms with Gasteiger partial charge in [0.15, 0.2) is 17.5 Å². The molecule has 0 unspecified atom stereocenters. The fourth-order valence-electron chi connectivity index (χ4n) is 2.57. The molecular formula is C19H12F3N5. The summed E-state index contributed by atoms with van der Waals surface area (Å²) in [6, 6.07) is 13.0. The van der Waals surface area contributed by atoms with Gasteiger partial charge in [-0.15, -0.1) is 0 Å². The molecule has 8 heteroatoms. The highest BCUT2D eigenvalue weighted by molar-refractivity contribution is 5.91. The van der Waals surface area contributed by atoms with Crippen LogP contribution in [0.2, 0.25) is 0 Å². The van der Waals surface area contributed by atoms with Crippen LogP contribution in [0.1, 0.15) is 0 Å². The minimum Gasteiger partial charge on any atom is -0.338 e. The van der Waals surface area contributed by atoms with Crippen molar-refractivity contribution in [2.24, 2.45) is 0 Å². The van der Waals surface area contributed by atoms with Gasteiger partial charge in [-0.1, -0.05) is 18.2 Å². The number of hydrogen-bond donors (Lipinski definition) is 2. The lowest BCUT2D eigenvalue weighted by atomic mass is 10.2. The molecule has 0 amide bonds. The Labute approximate surface area is 151 Å². The first-order chi connectivity index (χ1) is 13.1. The maximum Gasteiger partial charge on any atom is 0.229 e. The standard InChI is InChI=1S/C19H12F3N5/c20-12-6-7-13(17(22)16(12)21)26-19-24-10-8-15(27-19)25-14-5-1-3-11-4-2-9-23-18(11)14/h1-10H,(H2,24,25,26,27). The molecule has 2 aromatic heterocycles. The molecule has 0 fully saturated rings. The number of nitrogens with one attached hydrogen (secondary N) is 2. The summed E-state index contributed by atoms with van der Waals surface area (Å²) in [6.45, 7) is 0. The van der Waals surface area contributed by atoms with Crippen LogP contribution in [0.25, 0.3) is 10.9 Å². The minimum absolute atomic E-state index is 0.0260. The predicted octanol–water partition coefficient (Wildman–Crippen LogP) is 4.93. The topological polar surface area (TPSA) is 62.7 Å². The van der Waals surface area contributed by atoms with Gasteiger partial charge >= 0.3 is 0 Å². The van der Waals surface area contributed by atoms with Crippen molar-refractivity contribution < 1.29 is 13.2 Å². The van der Waals surface area contributed by atoms with Crippen LogP contribution in [-0.4, -0.2) is 15.0 Å². The first-order valence-corrected chi connectivity index (χ1v) is 7.96. The van der Waals surface area contributed by atoms with Crippen molar-refractivity contribution in [3.05, 3.63) is 78.4 Å². The summed E-state index contributed by atoms with van der Waals surface area (Å²) < 4.78 is 40.2. The smallest absolute Gasteiger partial charge is 0.229 e. The SMILES string of the molecule is Fc1ccc(Nc2nccc(Nc3cccc4cccnc34)n2)c(F)c1F. The molecule has 134 valence electrons. The molecule has 4 rings (SSSR count). The molecule has 0 aliphatic rings. The summed E-state index contributed by atoms with van der Waals surface area (Å²) in [6.07, 6.45) is 3.14. The normalized spacial score (nSPS) is 10.8. The zero-order chi connectivity index (χ0) is 18.8. The number of hydrogen-bond acceptors (Lipinski definition) is 5. The molecule has 0 aliphatic carbocycles. The highest BCUT2D eigenvalue weighted by Crippen LogP contribution is 2.25. The van der Waals surface area contributed by atoms with Gasteiger partial charge in [0.2, 0.25) is 5.95 Å². The second kappa shape index (κ2) is 6.91. The van der Waals surface area contributed by atoms with Crippen molar-refractivity contribution in [1.82, 2.24) is 15.0 Å². The van der Waals surface area contributed by atoms with E-state index in [4.69, 9.17) is 0 Å².